The van der Waals surface area contributed by atoms with Crippen LogP contribution in [0.15, 0.2) is 18.2 Å². The summed E-state index contributed by atoms with van der Waals surface area (Å²) >= 11 is 0. The van der Waals surface area contributed by atoms with Crippen LogP contribution in [0, 0.1) is 12.3 Å². The molecule has 0 spiro atoms. The quantitative estimate of drug-likeness (QED) is 0.669. The van der Waals surface area contributed by atoms with Gasteiger partial charge in [0.05, 0.1) is 13.7 Å². The van der Waals surface area contributed by atoms with Crippen molar-refractivity contribution >= 4 is 0 Å². The van der Waals surface area contributed by atoms with Crippen molar-refractivity contribution in [3.63, 3.8) is 0 Å². The van der Waals surface area contributed by atoms with Gasteiger partial charge in [0.25, 0.3) is 0 Å². The topological polar surface area (TPSA) is 30.5 Å². The van der Waals surface area contributed by atoms with E-state index in [4.69, 9.17) is 9.47 Å². The zero-order valence-corrected chi connectivity index (χ0v) is 14.3. The van der Waals surface area contributed by atoms with Crippen molar-refractivity contribution in [3.8, 4) is 5.75 Å². The number of aryl methyl sites for hydroxylation is 1. The number of hydrogen-bond acceptors (Lipinski definition) is 3. The summed E-state index contributed by atoms with van der Waals surface area (Å²) in [6.07, 6.45) is 3.35. The summed E-state index contributed by atoms with van der Waals surface area (Å²) < 4.78 is 10.6. The smallest absolute Gasteiger partial charge is 0.122 e. The molecule has 120 valence electrons. The average Bonchev–Trinajstić information content (AvgIpc) is 2.50. The summed E-state index contributed by atoms with van der Waals surface area (Å²) in [5.74, 6) is 1.00. The highest BCUT2D eigenvalue weighted by molar-refractivity contribution is 5.37. The lowest BCUT2D eigenvalue weighted by Crippen LogP contribution is -2.36. The Hall–Kier alpha value is -1.06. The van der Waals surface area contributed by atoms with Crippen molar-refractivity contribution in [1.29, 1.82) is 0 Å². The standard InChI is InChI=1S/C18H31NO2/c1-6-18(7-2,14-19-10-11-20-4)13-16-12-15(3)8-9-17(16)21-5/h8-9,12,19H,6-7,10-11,13-14H2,1-5H3. The molecule has 0 saturated heterocycles. The van der Waals surface area contributed by atoms with Gasteiger partial charge in [-0.2, -0.15) is 0 Å². The van der Waals surface area contributed by atoms with Gasteiger partial charge in [-0.1, -0.05) is 31.5 Å². The molecule has 0 heterocycles. The molecule has 1 rings (SSSR count). The zero-order valence-electron chi connectivity index (χ0n) is 14.3. The Morgan fingerprint density at radius 3 is 2.43 bits per heavy atom. The molecule has 21 heavy (non-hydrogen) atoms. The van der Waals surface area contributed by atoms with Crippen molar-refractivity contribution in [3.05, 3.63) is 29.3 Å². The highest BCUT2D eigenvalue weighted by Crippen LogP contribution is 2.34. The Morgan fingerprint density at radius 1 is 1.14 bits per heavy atom. The highest BCUT2D eigenvalue weighted by Gasteiger charge is 2.27. The Kier molecular flexibility index (Phi) is 7.76. The van der Waals surface area contributed by atoms with E-state index in [0.717, 1.165) is 44.7 Å². The summed E-state index contributed by atoms with van der Waals surface area (Å²) in [6.45, 7) is 9.38. The van der Waals surface area contributed by atoms with E-state index in [-0.39, 0.29) is 5.41 Å². The number of hydrogen-bond donors (Lipinski definition) is 1. The molecule has 0 amide bonds. The van der Waals surface area contributed by atoms with Gasteiger partial charge in [0.15, 0.2) is 0 Å². The molecular weight excluding hydrogens is 262 g/mol. The van der Waals surface area contributed by atoms with Gasteiger partial charge in [0.1, 0.15) is 5.75 Å². The van der Waals surface area contributed by atoms with E-state index >= 15 is 0 Å². The molecule has 0 aliphatic heterocycles. The minimum absolute atomic E-state index is 0.273. The second kappa shape index (κ2) is 9.06. The molecule has 0 saturated carbocycles. The minimum atomic E-state index is 0.273. The third kappa shape index (κ3) is 5.33. The Labute approximate surface area is 130 Å². The number of rotatable bonds is 10. The number of nitrogens with one attached hydrogen (secondary N) is 1. The second-order valence-electron chi connectivity index (χ2n) is 5.87. The van der Waals surface area contributed by atoms with Gasteiger partial charge >= 0.3 is 0 Å². The van der Waals surface area contributed by atoms with Gasteiger partial charge in [-0.05, 0) is 43.2 Å². The monoisotopic (exact) mass is 293 g/mol. The van der Waals surface area contributed by atoms with Crippen LogP contribution in [0.2, 0.25) is 0 Å². The number of ether oxygens (including phenoxy) is 2. The lowest BCUT2D eigenvalue weighted by atomic mass is 9.76. The summed E-state index contributed by atoms with van der Waals surface area (Å²) in [4.78, 5) is 0. The fourth-order valence-electron chi connectivity index (χ4n) is 2.79. The maximum atomic E-state index is 5.54. The fraction of sp³-hybridized carbons (Fsp3) is 0.667. The molecule has 0 aliphatic carbocycles. The Balaban J connectivity index is 2.83. The fourth-order valence-corrected chi connectivity index (χ4v) is 2.79. The van der Waals surface area contributed by atoms with Crippen LogP contribution in [0.1, 0.15) is 37.8 Å². The van der Waals surface area contributed by atoms with E-state index in [0.29, 0.717) is 0 Å². The van der Waals surface area contributed by atoms with Crippen LogP contribution >= 0.6 is 0 Å². The third-order valence-corrected chi connectivity index (χ3v) is 4.48. The first-order valence-corrected chi connectivity index (χ1v) is 7.94. The molecule has 1 N–H and O–H groups in total. The Morgan fingerprint density at radius 2 is 1.86 bits per heavy atom. The third-order valence-electron chi connectivity index (χ3n) is 4.48. The van der Waals surface area contributed by atoms with Crippen LogP contribution in [0.4, 0.5) is 0 Å². The molecule has 0 radical (unpaired) electrons. The summed E-state index contributed by atoms with van der Waals surface area (Å²) in [5.41, 5.74) is 2.88. The molecular formula is C18H31NO2. The Bertz CT molecular complexity index is 414. The van der Waals surface area contributed by atoms with Crippen LogP contribution < -0.4 is 10.1 Å². The first kappa shape index (κ1) is 18.0. The van der Waals surface area contributed by atoms with Gasteiger partial charge in [0, 0.05) is 20.2 Å². The molecule has 3 heteroatoms. The van der Waals surface area contributed by atoms with Crippen LogP contribution in [-0.4, -0.2) is 33.9 Å². The highest BCUT2D eigenvalue weighted by atomic mass is 16.5. The van der Waals surface area contributed by atoms with Gasteiger partial charge < -0.3 is 14.8 Å². The second-order valence-corrected chi connectivity index (χ2v) is 5.87. The molecule has 0 fully saturated rings. The predicted molar refractivity (Wildman–Crippen MR) is 89.2 cm³/mol. The van der Waals surface area contributed by atoms with Crippen LogP contribution in [0.3, 0.4) is 0 Å². The normalized spacial score (nSPS) is 11.7. The van der Waals surface area contributed by atoms with Crippen molar-refractivity contribution in [2.24, 2.45) is 5.41 Å². The molecule has 0 atom stereocenters. The number of benzene rings is 1. The molecule has 1 aromatic rings. The average molecular weight is 293 g/mol. The lowest BCUT2D eigenvalue weighted by Gasteiger charge is -2.33. The van der Waals surface area contributed by atoms with E-state index in [2.05, 4.69) is 44.3 Å². The SMILES string of the molecule is CCC(CC)(CNCCOC)Cc1cc(C)ccc1OC. The summed E-state index contributed by atoms with van der Waals surface area (Å²) in [5, 5.41) is 3.54. The molecule has 0 aliphatic rings. The van der Waals surface area contributed by atoms with Crippen LogP contribution in [0.5, 0.6) is 5.75 Å². The maximum Gasteiger partial charge on any atom is 0.122 e. The van der Waals surface area contributed by atoms with E-state index in [1.807, 2.05) is 0 Å². The molecule has 0 bridgehead atoms. The van der Waals surface area contributed by atoms with Crippen LogP contribution in [0.25, 0.3) is 0 Å². The van der Waals surface area contributed by atoms with E-state index in [1.165, 1.54) is 11.1 Å². The number of methoxy groups -OCH3 is 2. The summed E-state index contributed by atoms with van der Waals surface area (Å²) in [6, 6.07) is 6.45. The van der Waals surface area contributed by atoms with E-state index in [9.17, 15) is 0 Å². The van der Waals surface area contributed by atoms with Crippen molar-refractivity contribution in [2.75, 3.05) is 33.9 Å². The predicted octanol–water partition coefficient (Wildman–Crippen LogP) is 3.59. The maximum absolute atomic E-state index is 5.54. The van der Waals surface area contributed by atoms with Crippen molar-refractivity contribution < 1.29 is 9.47 Å². The first-order valence-electron chi connectivity index (χ1n) is 7.94. The van der Waals surface area contributed by atoms with E-state index < -0.39 is 0 Å². The molecule has 3 nitrogen and oxygen atoms in total. The van der Waals surface area contributed by atoms with E-state index in [1.54, 1.807) is 14.2 Å². The summed E-state index contributed by atoms with van der Waals surface area (Å²) in [7, 11) is 3.50. The van der Waals surface area contributed by atoms with Gasteiger partial charge in [-0.25, -0.2) is 0 Å². The van der Waals surface area contributed by atoms with Crippen molar-refractivity contribution in [2.45, 2.75) is 40.0 Å². The zero-order chi connectivity index (χ0) is 15.7. The van der Waals surface area contributed by atoms with Crippen molar-refractivity contribution in [1.82, 2.24) is 5.32 Å². The van der Waals surface area contributed by atoms with Gasteiger partial charge in [0.2, 0.25) is 0 Å². The molecule has 1 aromatic carbocycles. The minimum Gasteiger partial charge on any atom is -0.496 e. The first-order chi connectivity index (χ1) is 10.1. The molecule has 0 unspecified atom stereocenters. The van der Waals surface area contributed by atoms with Gasteiger partial charge in [-0.3, -0.25) is 0 Å². The van der Waals surface area contributed by atoms with Gasteiger partial charge in [-0.15, -0.1) is 0 Å². The lowest BCUT2D eigenvalue weighted by molar-refractivity contribution is 0.185. The largest absolute Gasteiger partial charge is 0.496 e. The van der Waals surface area contributed by atoms with Crippen LogP contribution in [-0.2, 0) is 11.2 Å². The molecule has 0 aromatic heterocycles.